The van der Waals surface area contributed by atoms with Crippen LogP contribution >= 0.6 is 22.9 Å². The Bertz CT molecular complexity index is 1910. The zero-order valence-corrected chi connectivity index (χ0v) is 21.6. The Hall–Kier alpha value is -4.00. The lowest BCUT2D eigenvalue weighted by atomic mass is 9.83. The smallest absolute Gasteiger partial charge is 0.271 e. The first-order valence-corrected chi connectivity index (χ1v) is 13.5. The van der Waals surface area contributed by atoms with Gasteiger partial charge in [-0.1, -0.05) is 59.3 Å². The number of hydrogen-bond acceptors (Lipinski definition) is 4. The number of halogens is 2. The van der Waals surface area contributed by atoms with Crippen LogP contribution in [-0.4, -0.2) is 4.57 Å². The molecule has 0 spiro atoms. The van der Waals surface area contributed by atoms with Crippen molar-refractivity contribution in [3.8, 4) is 11.3 Å². The number of thiazole rings is 1. The topological polar surface area (TPSA) is 47.5 Å². The second-order valence-corrected chi connectivity index (χ2v) is 10.8. The van der Waals surface area contributed by atoms with Crippen molar-refractivity contribution in [2.24, 2.45) is 4.99 Å². The summed E-state index contributed by atoms with van der Waals surface area (Å²) in [7, 11) is 0. The molecular weight excluding hydrogens is 519 g/mol. The molecule has 0 unspecified atom stereocenters. The van der Waals surface area contributed by atoms with Crippen LogP contribution in [0.25, 0.3) is 23.1 Å². The van der Waals surface area contributed by atoms with Gasteiger partial charge in [-0.3, -0.25) is 9.36 Å². The molecule has 0 bridgehead atoms. The third-order valence-electron chi connectivity index (χ3n) is 7.09. The number of allylic oxidation sites excluding steroid dienone is 1. The van der Waals surface area contributed by atoms with Gasteiger partial charge in [-0.05, 0) is 78.1 Å². The molecule has 5 aromatic rings. The van der Waals surface area contributed by atoms with Gasteiger partial charge >= 0.3 is 0 Å². The molecule has 2 aliphatic rings. The monoisotopic (exact) mass is 538 g/mol. The molecule has 2 aromatic heterocycles. The number of fused-ring (bicyclic) bond motifs is 3. The molecule has 1 aliphatic carbocycles. The molecular formula is C31H20ClFN2O2S. The third kappa shape index (κ3) is 3.88. The van der Waals surface area contributed by atoms with Crippen molar-refractivity contribution in [2.45, 2.75) is 18.9 Å². The summed E-state index contributed by atoms with van der Waals surface area (Å²) in [4.78, 5) is 19.5. The van der Waals surface area contributed by atoms with Gasteiger partial charge in [0.15, 0.2) is 4.80 Å². The minimum absolute atomic E-state index is 0.141. The number of nitrogens with zero attached hydrogens (tertiary/aromatic N) is 2. The molecule has 0 saturated heterocycles. The van der Waals surface area contributed by atoms with Crippen molar-refractivity contribution in [2.75, 3.05) is 0 Å². The van der Waals surface area contributed by atoms with E-state index in [0.717, 1.165) is 40.8 Å². The molecule has 38 heavy (non-hydrogen) atoms. The predicted octanol–water partition coefficient (Wildman–Crippen LogP) is 6.37. The Labute approximate surface area is 226 Å². The first kappa shape index (κ1) is 23.1. The summed E-state index contributed by atoms with van der Waals surface area (Å²) in [6, 6.07) is 25.5. The van der Waals surface area contributed by atoms with Gasteiger partial charge in [-0.25, -0.2) is 9.38 Å². The second kappa shape index (κ2) is 9.08. The average Bonchev–Trinajstić information content (AvgIpc) is 3.53. The van der Waals surface area contributed by atoms with Crippen molar-refractivity contribution in [1.29, 1.82) is 0 Å². The van der Waals surface area contributed by atoms with Gasteiger partial charge in [0.2, 0.25) is 0 Å². The van der Waals surface area contributed by atoms with E-state index >= 15 is 0 Å². The van der Waals surface area contributed by atoms with Crippen molar-refractivity contribution in [1.82, 2.24) is 4.57 Å². The zero-order chi connectivity index (χ0) is 25.8. The van der Waals surface area contributed by atoms with E-state index in [2.05, 4.69) is 12.1 Å². The quantitative estimate of drug-likeness (QED) is 0.268. The Morgan fingerprint density at radius 1 is 0.974 bits per heavy atom. The van der Waals surface area contributed by atoms with Crippen LogP contribution in [0.1, 0.15) is 34.9 Å². The first-order chi connectivity index (χ1) is 18.5. The Morgan fingerprint density at radius 3 is 2.58 bits per heavy atom. The maximum absolute atomic E-state index is 13.8. The number of benzene rings is 3. The van der Waals surface area contributed by atoms with Crippen LogP contribution in [0.5, 0.6) is 0 Å². The number of furan rings is 1. The summed E-state index contributed by atoms with van der Waals surface area (Å²) in [5.41, 5.74) is 5.96. The van der Waals surface area contributed by atoms with Crippen LogP contribution in [0.15, 0.2) is 105 Å². The van der Waals surface area contributed by atoms with Crippen LogP contribution in [0.4, 0.5) is 4.39 Å². The van der Waals surface area contributed by atoms with Gasteiger partial charge in [0.05, 0.1) is 16.3 Å². The lowest BCUT2D eigenvalue weighted by molar-refractivity contribution is 0.570. The predicted molar refractivity (Wildman–Crippen MR) is 148 cm³/mol. The van der Waals surface area contributed by atoms with Crippen LogP contribution in [0.3, 0.4) is 0 Å². The molecule has 7 rings (SSSR count). The molecule has 1 aliphatic heterocycles. The van der Waals surface area contributed by atoms with Crippen LogP contribution in [-0.2, 0) is 6.42 Å². The van der Waals surface area contributed by atoms with E-state index in [4.69, 9.17) is 21.0 Å². The van der Waals surface area contributed by atoms with Crippen molar-refractivity contribution >= 4 is 34.7 Å². The van der Waals surface area contributed by atoms with Crippen LogP contribution < -0.4 is 14.9 Å². The summed E-state index contributed by atoms with van der Waals surface area (Å²) in [5, 5.41) is 0.655. The standard InChI is InChI=1S/C31H20ClFN2O2S/c32-21-10-5-19(6-11-21)26-16-14-23(37-26)17-27-30(36)35-29(20-7-12-22(33)13-8-20)25-15-9-18-3-1-2-4-24(18)28(25)34-31(35)38-27/h1-8,10-14,16-17,29H,9,15H2/b27-17+/t29-/m0/s1. The van der Waals surface area contributed by atoms with E-state index in [0.29, 0.717) is 25.9 Å². The van der Waals surface area contributed by atoms with Gasteiger partial charge in [0.1, 0.15) is 17.3 Å². The lowest BCUT2D eigenvalue weighted by Crippen LogP contribution is -2.38. The number of rotatable bonds is 3. The lowest BCUT2D eigenvalue weighted by Gasteiger charge is -2.30. The van der Waals surface area contributed by atoms with Gasteiger partial charge in [0.25, 0.3) is 5.56 Å². The van der Waals surface area contributed by atoms with E-state index in [-0.39, 0.29) is 17.4 Å². The average molecular weight is 539 g/mol. The molecule has 0 fully saturated rings. The van der Waals surface area contributed by atoms with Crippen molar-refractivity contribution in [3.63, 3.8) is 0 Å². The molecule has 3 heterocycles. The summed E-state index contributed by atoms with van der Waals surface area (Å²) >= 11 is 7.35. The highest BCUT2D eigenvalue weighted by Gasteiger charge is 2.32. The molecule has 7 heteroatoms. The number of aromatic nitrogens is 1. The van der Waals surface area contributed by atoms with Gasteiger partial charge in [0, 0.05) is 22.2 Å². The minimum atomic E-state index is -0.349. The SMILES string of the molecule is O=c1/c(=C\c2ccc(-c3ccc(Cl)cc3)o2)sc2n1[C@@H](c1ccc(F)cc1)C1=C(N=2)c2ccccc2CC1. The highest BCUT2D eigenvalue weighted by Crippen LogP contribution is 2.41. The second-order valence-electron chi connectivity index (χ2n) is 9.37. The summed E-state index contributed by atoms with van der Waals surface area (Å²) in [5.74, 6) is 0.961. The Morgan fingerprint density at radius 2 is 1.76 bits per heavy atom. The number of hydrogen-bond donors (Lipinski definition) is 0. The first-order valence-electron chi connectivity index (χ1n) is 12.3. The van der Waals surface area contributed by atoms with Crippen LogP contribution in [0, 0.1) is 5.82 Å². The minimum Gasteiger partial charge on any atom is -0.457 e. The van der Waals surface area contributed by atoms with E-state index in [1.165, 1.54) is 29.0 Å². The molecule has 1 atom stereocenters. The van der Waals surface area contributed by atoms with E-state index in [1.54, 1.807) is 22.8 Å². The van der Waals surface area contributed by atoms with Crippen molar-refractivity contribution < 1.29 is 8.81 Å². The molecule has 0 radical (unpaired) electrons. The molecule has 0 amide bonds. The summed E-state index contributed by atoms with van der Waals surface area (Å²) in [6.07, 6.45) is 3.42. The Balaban J connectivity index is 1.39. The van der Waals surface area contributed by atoms with Crippen LogP contribution in [0.2, 0.25) is 5.02 Å². The Kier molecular flexibility index (Phi) is 5.53. The third-order valence-corrected chi connectivity index (χ3v) is 8.32. The van der Waals surface area contributed by atoms with Gasteiger partial charge < -0.3 is 4.42 Å². The molecule has 0 saturated carbocycles. The maximum Gasteiger partial charge on any atom is 0.271 e. The summed E-state index contributed by atoms with van der Waals surface area (Å²) < 4.78 is 22.2. The molecule has 3 aromatic carbocycles. The van der Waals surface area contributed by atoms with Gasteiger partial charge in [-0.2, -0.15) is 0 Å². The highest BCUT2D eigenvalue weighted by molar-refractivity contribution is 7.07. The largest absolute Gasteiger partial charge is 0.457 e. The van der Waals surface area contributed by atoms with E-state index in [9.17, 15) is 9.18 Å². The van der Waals surface area contributed by atoms with E-state index in [1.807, 2.05) is 48.5 Å². The normalized spacial score (nSPS) is 16.6. The highest BCUT2D eigenvalue weighted by atomic mass is 35.5. The van der Waals surface area contributed by atoms with E-state index < -0.39 is 0 Å². The fraction of sp³-hybridized carbons (Fsp3) is 0.0968. The van der Waals surface area contributed by atoms with Crippen molar-refractivity contribution in [3.05, 3.63) is 143 Å². The number of aryl methyl sites for hydroxylation is 1. The maximum atomic E-state index is 13.8. The molecule has 186 valence electrons. The van der Waals surface area contributed by atoms with Gasteiger partial charge in [-0.15, -0.1) is 0 Å². The fourth-order valence-corrected chi connectivity index (χ4v) is 6.40. The molecule has 0 N–H and O–H groups in total. The fourth-order valence-electron chi connectivity index (χ4n) is 5.30. The summed E-state index contributed by atoms with van der Waals surface area (Å²) in [6.45, 7) is 0. The molecule has 4 nitrogen and oxygen atoms in total. The zero-order valence-electron chi connectivity index (χ0n) is 20.0.